The van der Waals surface area contributed by atoms with Gasteiger partial charge >= 0.3 is 5.97 Å². The van der Waals surface area contributed by atoms with Crippen LogP contribution < -0.4 is 9.46 Å². The van der Waals surface area contributed by atoms with Crippen LogP contribution in [0.15, 0.2) is 51.8 Å². The van der Waals surface area contributed by atoms with E-state index in [1.165, 1.54) is 37.4 Å². The normalized spacial score (nSPS) is 11.0. The Hall–Kier alpha value is -2.50. The number of esters is 1. The van der Waals surface area contributed by atoms with Gasteiger partial charge in [0.2, 0.25) is 10.0 Å². The van der Waals surface area contributed by atoms with E-state index >= 15 is 0 Å². The maximum Gasteiger partial charge on any atom is 0.321 e. The first-order valence-corrected chi connectivity index (χ1v) is 9.72. The molecule has 0 aliphatic carbocycles. The number of rotatable bonds is 8. The van der Waals surface area contributed by atoms with Crippen LogP contribution in [0.5, 0.6) is 5.75 Å². The van der Waals surface area contributed by atoms with E-state index in [1.54, 1.807) is 12.1 Å². The number of nitrogens with zero attached hydrogens (tertiary/aromatic N) is 1. The number of non-ortho nitro benzene ring substituents is 1. The summed E-state index contributed by atoms with van der Waals surface area (Å²) < 4.78 is 37.1. The van der Waals surface area contributed by atoms with Gasteiger partial charge in [-0.05, 0) is 24.3 Å². The fourth-order valence-electron chi connectivity index (χ4n) is 2.07. The van der Waals surface area contributed by atoms with Crippen LogP contribution in [0.2, 0.25) is 0 Å². The molecule has 0 heterocycles. The molecule has 0 bridgehead atoms. The summed E-state index contributed by atoms with van der Waals surface area (Å²) in [5, 5.41) is 10.8. The predicted octanol–water partition coefficient (Wildman–Crippen LogP) is 2.39. The number of nitro benzene ring substituents is 1. The van der Waals surface area contributed by atoms with Crippen LogP contribution in [0.1, 0.15) is 5.56 Å². The number of hydrogen-bond acceptors (Lipinski definition) is 7. The monoisotopic (exact) mass is 458 g/mol. The quantitative estimate of drug-likeness (QED) is 0.365. The van der Waals surface area contributed by atoms with Crippen LogP contribution in [0, 0.1) is 10.1 Å². The van der Waals surface area contributed by atoms with Gasteiger partial charge in [0, 0.05) is 22.2 Å². The lowest BCUT2D eigenvalue weighted by Gasteiger charge is -2.10. The molecule has 0 atom stereocenters. The Kier molecular flexibility index (Phi) is 6.88. The van der Waals surface area contributed by atoms with Crippen molar-refractivity contribution in [3.05, 3.63) is 62.6 Å². The van der Waals surface area contributed by atoms with Crippen molar-refractivity contribution >= 4 is 37.6 Å². The van der Waals surface area contributed by atoms with Crippen molar-refractivity contribution in [2.75, 3.05) is 13.7 Å². The summed E-state index contributed by atoms with van der Waals surface area (Å²) in [4.78, 5) is 22.1. The second-order valence-corrected chi connectivity index (χ2v) is 7.88. The first-order valence-electron chi connectivity index (χ1n) is 7.45. The smallest absolute Gasteiger partial charge is 0.321 e. The minimum atomic E-state index is -3.89. The zero-order chi connectivity index (χ0) is 20.0. The van der Waals surface area contributed by atoms with Gasteiger partial charge in [-0.15, -0.1) is 0 Å². The highest BCUT2D eigenvalue weighted by Crippen LogP contribution is 2.24. The highest BCUT2D eigenvalue weighted by atomic mass is 79.9. The van der Waals surface area contributed by atoms with E-state index < -0.39 is 27.5 Å². The summed E-state index contributed by atoms with van der Waals surface area (Å²) in [6.07, 6.45) is 0. The molecule has 9 nitrogen and oxygen atoms in total. The van der Waals surface area contributed by atoms with E-state index in [0.29, 0.717) is 10.2 Å². The number of nitrogens with one attached hydrogen (secondary N) is 1. The summed E-state index contributed by atoms with van der Waals surface area (Å²) in [6, 6.07) is 9.85. The molecule has 0 radical (unpaired) electrons. The second-order valence-electron chi connectivity index (χ2n) is 5.20. The molecular weight excluding hydrogens is 444 g/mol. The molecule has 1 N–H and O–H groups in total. The van der Waals surface area contributed by atoms with Gasteiger partial charge in [0.25, 0.3) is 5.69 Å². The lowest BCUT2D eigenvalue weighted by Crippen LogP contribution is -2.30. The SMILES string of the molecule is COc1ccc([N+](=O)[O-])cc1COC(=O)CNS(=O)(=O)c1cccc(Br)c1. The minimum absolute atomic E-state index is 0.00923. The number of ether oxygens (including phenoxy) is 2. The molecule has 0 spiro atoms. The Morgan fingerprint density at radius 1 is 1.26 bits per heavy atom. The topological polar surface area (TPSA) is 125 Å². The lowest BCUT2D eigenvalue weighted by atomic mass is 10.2. The van der Waals surface area contributed by atoms with Crippen LogP contribution >= 0.6 is 15.9 Å². The highest BCUT2D eigenvalue weighted by Gasteiger charge is 2.17. The molecule has 144 valence electrons. The number of benzene rings is 2. The fraction of sp³-hybridized carbons (Fsp3) is 0.188. The van der Waals surface area contributed by atoms with Crippen molar-refractivity contribution in [2.24, 2.45) is 0 Å². The van der Waals surface area contributed by atoms with E-state index in [-0.39, 0.29) is 22.8 Å². The van der Waals surface area contributed by atoms with Gasteiger partial charge in [0.15, 0.2) is 0 Å². The van der Waals surface area contributed by atoms with Crippen molar-refractivity contribution < 1.29 is 27.6 Å². The van der Waals surface area contributed by atoms with Crippen LogP contribution in [0.25, 0.3) is 0 Å². The molecule has 0 saturated carbocycles. The Morgan fingerprint density at radius 3 is 2.63 bits per heavy atom. The lowest BCUT2D eigenvalue weighted by molar-refractivity contribution is -0.385. The van der Waals surface area contributed by atoms with E-state index in [2.05, 4.69) is 20.7 Å². The summed E-state index contributed by atoms with van der Waals surface area (Å²) >= 11 is 3.17. The Morgan fingerprint density at radius 2 is 2.00 bits per heavy atom. The van der Waals surface area contributed by atoms with Gasteiger partial charge in [-0.2, -0.15) is 4.72 Å². The van der Waals surface area contributed by atoms with Crippen molar-refractivity contribution in [2.45, 2.75) is 11.5 Å². The van der Waals surface area contributed by atoms with Gasteiger partial charge in [0.05, 0.1) is 16.9 Å². The molecule has 0 amide bonds. The molecule has 0 aromatic heterocycles. The maximum absolute atomic E-state index is 12.1. The van der Waals surface area contributed by atoms with E-state index in [0.717, 1.165) is 0 Å². The van der Waals surface area contributed by atoms with Crippen LogP contribution in [-0.4, -0.2) is 33.0 Å². The van der Waals surface area contributed by atoms with Gasteiger partial charge in [-0.3, -0.25) is 14.9 Å². The maximum atomic E-state index is 12.1. The number of carbonyl (C=O) groups is 1. The first-order chi connectivity index (χ1) is 12.7. The molecular formula is C16H15BrN2O7S. The summed E-state index contributed by atoms with van der Waals surface area (Å²) in [6.45, 7) is -0.894. The molecule has 0 aliphatic rings. The molecule has 2 aromatic carbocycles. The van der Waals surface area contributed by atoms with E-state index in [1.807, 2.05) is 0 Å². The molecule has 0 saturated heterocycles. The standard InChI is InChI=1S/C16H15BrN2O7S/c1-25-15-6-5-13(19(21)22)7-11(15)10-26-16(20)9-18-27(23,24)14-4-2-3-12(17)8-14/h2-8,18H,9-10H2,1H3. The second kappa shape index (κ2) is 8.93. The molecule has 2 aromatic rings. The molecule has 0 unspecified atom stereocenters. The van der Waals surface area contributed by atoms with Gasteiger partial charge < -0.3 is 9.47 Å². The predicted molar refractivity (Wildman–Crippen MR) is 98.8 cm³/mol. The third kappa shape index (κ3) is 5.74. The Bertz CT molecular complexity index is 963. The summed E-state index contributed by atoms with van der Waals surface area (Å²) in [5.41, 5.74) is 0.104. The summed E-state index contributed by atoms with van der Waals surface area (Å²) in [7, 11) is -2.51. The minimum Gasteiger partial charge on any atom is -0.496 e. The molecule has 11 heteroatoms. The van der Waals surface area contributed by atoms with Crippen molar-refractivity contribution in [3.63, 3.8) is 0 Å². The van der Waals surface area contributed by atoms with Gasteiger partial charge in [0.1, 0.15) is 18.9 Å². The average molecular weight is 459 g/mol. The third-order valence-corrected chi connectivity index (χ3v) is 5.27. The average Bonchev–Trinajstić information content (AvgIpc) is 2.64. The Labute approximate surface area is 163 Å². The highest BCUT2D eigenvalue weighted by molar-refractivity contribution is 9.10. The van der Waals surface area contributed by atoms with Crippen molar-refractivity contribution in [3.8, 4) is 5.75 Å². The van der Waals surface area contributed by atoms with Gasteiger partial charge in [-0.1, -0.05) is 22.0 Å². The number of sulfonamides is 1. The third-order valence-electron chi connectivity index (χ3n) is 3.38. The number of nitro groups is 1. The van der Waals surface area contributed by atoms with Crippen LogP contribution in [0.3, 0.4) is 0 Å². The Balaban J connectivity index is 1.99. The number of methoxy groups -OCH3 is 1. The molecule has 27 heavy (non-hydrogen) atoms. The zero-order valence-electron chi connectivity index (χ0n) is 14.0. The first kappa shape index (κ1) is 20.8. The number of halogens is 1. The van der Waals surface area contributed by atoms with Gasteiger partial charge in [-0.25, -0.2) is 8.42 Å². The zero-order valence-corrected chi connectivity index (χ0v) is 16.4. The van der Waals surface area contributed by atoms with E-state index in [4.69, 9.17) is 9.47 Å². The van der Waals surface area contributed by atoms with Crippen LogP contribution in [0.4, 0.5) is 5.69 Å². The van der Waals surface area contributed by atoms with Crippen molar-refractivity contribution in [1.29, 1.82) is 0 Å². The number of carbonyl (C=O) groups excluding carboxylic acids is 1. The molecule has 0 aliphatic heterocycles. The van der Waals surface area contributed by atoms with Crippen LogP contribution in [-0.2, 0) is 26.2 Å². The molecule has 0 fully saturated rings. The van der Waals surface area contributed by atoms with Crippen molar-refractivity contribution in [1.82, 2.24) is 4.72 Å². The largest absolute Gasteiger partial charge is 0.496 e. The fourth-order valence-corrected chi connectivity index (χ4v) is 3.64. The molecule has 2 rings (SSSR count). The number of hydrogen-bond donors (Lipinski definition) is 1. The van der Waals surface area contributed by atoms with E-state index in [9.17, 15) is 23.3 Å². The summed E-state index contributed by atoms with van der Waals surface area (Å²) in [5.74, 6) is -0.537.